The van der Waals surface area contributed by atoms with Crippen LogP contribution < -0.4 is 21.5 Å². The molecule has 0 atom stereocenters. The first kappa shape index (κ1) is 14.6. The molecule has 0 bridgehead atoms. The molecule has 0 aromatic carbocycles. The van der Waals surface area contributed by atoms with Crippen LogP contribution in [0.5, 0.6) is 0 Å². The highest BCUT2D eigenvalue weighted by Crippen LogP contribution is 2.28. The van der Waals surface area contributed by atoms with Gasteiger partial charge in [-0.25, -0.2) is 9.78 Å². The van der Waals surface area contributed by atoms with E-state index in [1.807, 2.05) is 0 Å². The molecule has 0 saturated heterocycles. The summed E-state index contributed by atoms with van der Waals surface area (Å²) in [6.45, 7) is 0. The lowest BCUT2D eigenvalue weighted by atomic mass is 10.4. The van der Waals surface area contributed by atoms with Gasteiger partial charge < -0.3 is 16.0 Å². The fraction of sp³-hybridized carbons (Fsp3) is 0.100. The molecule has 2 heterocycles. The summed E-state index contributed by atoms with van der Waals surface area (Å²) in [5, 5.41) is 8.58. The van der Waals surface area contributed by atoms with Crippen molar-refractivity contribution in [1.29, 1.82) is 0 Å². The van der Waals surface area contributed by atoms with E-state index in [0.717, 1.165) is 11.5 Å². The van der Waals surface area contributed by atoms with E-state index in [2.05, 4.69) is 25.3 Å². The second kappa shape index (κ2) is 6.12. The summed E-state index contributed by atoms with van der Waals surface area (Å²) in [6.07, 6.45) is 0. The number of aromatic amines is 1. The third-order valence-corrected chi connectivity index (χ3v) is 3.37. The number of carbonyl (C=O) groups is 1. The van der Waals surface area contributed by atoms with Crippen LogP contribution in [0.4, 0.5) is 21.2 Å². The Balaban J connectivity index is 2.29. The number of anilines is 3. The maximum atomic E-state index is 11.6. The first-order valence-electron chi connectivity index (χ1n) is 5.30. The average molecular weight is 334 g/mol. The van der Waals surface area contributed by atoms with E-state index in [1.54, 1.807) is 12.1 Å². The number of urea groups is 1. The zero-order valence-corrected chi connectivity index (χ0v) is 12.4. The molecule has 106 valence electrons. The maximum absolute atomic E-state index is 11.6. The first-order chi connectivity index (χ1) is 9.49. The molecule has 20 heavy (non-hydrogen) atoms. The number of hydrogen-bond acceptors (Lipinski definition) is 5. The molecule has 0 fully saturated rings. The van der Waals surface area contributed by atoms with Crippen molar-refractivity contribution >= 4 is 57.1 Å². The second-order valence-corrected chi connectivity index (χ2v) is 5.16. The molecule has 2 amide bonds. The van der Waals surface area contributed by atoms with Gasteiger partial charge in [0.15, 0.2) is 0 Å². The summed E-state index contributed by atoms with van der Waals surface area (Å²) in [5.41, 5.74) is 0.246. The van der Waals surface area contributed by atoms with Crippen molar-refractivity contribution in [2.75, 3.05) is 17.7 Å². The van der Waals surface area contributed by atoms with Crippen molar-refractivity contribution in [2.24, 2.45) is 0 Å². The molecule has 0 spiro atoms. The van der Waals surface area contributed by atoms with Crippen LogP contribution in [-0.2, 0) is 0 Å². The van der Waals surface area contributed by atoms with Crippen LogP contribution in [0, 0.1) is 0 Å². The van der Waals surface area contributed by atoms with Crippen molar-refractivity contribution in [3.8, 4) is 0 Å². The zero-order valence-electron chi connectivity index (χ0n) is 10.1. The summed E-state index contributed by atoms with van der Waals surface area (Å²) in [4.78, 5) is 26.7. The molecule has 0 aliphatic carbocycles. The van der Waals surface area contributed by atoms with Gasteiger partial charge in [0.2, 0.25) is 0 Å². The van der Waals surface area contributed by atoms with Crippen LogP contribution in [0.2, 0.25) is 10.3 Å². The van der Waals surface area contributed by atoms with Crippen molar-refractivity contribution in [3.05, 3.63) is 32.8 Å². The number of aromatic nitrogens is 2. The van der Waals surface area contributed by atoms with Crippen LogP contribution in [0.25, 0.3) is 0 Å². The number of pyridine rings is 1. The van der Waals surface area contributed by atoms with Gasteiger partial charge >= 0.3 is 6.03 Å². The molecule has 10 heteroatoms. The minimum Gasteiger partial charge on any atom is -0.344 e. The molecular formula is C10H9Cl2N5O2S. The Morgan fingerprint density at radius 3 is 2.60 bits per heavy atom. The van der Waals surface area contributed by atoms with E-state index in [0.29, 0.717) is 10.7 Å². The van der Waals surface area contributed by atoms with Gasteiger partial charge in [-0.15, -0.1) is 0 Å². The third kappa shape index (κ3) is 3.41. The topological polar surface area (TPSA) is 98.9 Å². The van der Waals surface area contributed by atoms with Gasteiger partial charge in [-0.2, -0.15) is 0 Å². The lowest BCUT2D eigenvalue weighted by Gasteiger charge is -2.07. The highest BCUT2D eigenvalue weighted by atomic mass is 35.5. The molecule has 0 saturated carbocycles. The Labute approximate surface area is 127 Å². The van der Waals surface area contributed by atoms with Gasteiger partial charge in [-0.05, 0) is 23.7 Å². The molecule has 2 rings (SSSR count). The molecule has 0 unspecified atom stereocenters. The van der Waals surface area contributed by atoms with E-state index in [-0.39, 0.29) is 16.0 Å². The SMILES string of the molecule is CNC(=O)Nc1c(Nc2cc(Cl)nc(Cl)c2)s[nH]c1=O. The third-order valence-electron chi connectivity index (χ3n) is 2.19. The van der Waals surface area contributed by atoms with Crippen LogP contribution >= 0.6 is 34.7 Å². The number of H-pyrrole nitrogens is 1. The van der Waals surface area contributed by atoms with Gasteiger partial charge in [0.25, 0.3) is 5.56 Å². The number of rotatable bonds is 3. The summed E-state index contributed by atoms with van der Waals surface area (Å²) in [6, 6.07) is 2.59. The normalized spacial score (nSPS) is 10.2. The largest absolute Gasteiger partial charge is 0.344 e. The highest BCUT2D eigenvalue weighted by Gasteiger charge is 2.13. The van der Waals surface area contributed by atoms with E-state index in [1.165, 1.54) is 7.05 Å². The zero-order chi connectivity index (χ0) is 14.7. The molecular weight excluding hydrogens is 325 g/mol. The van der Waals surface area contributed by atoms with Crippen molar-refractivity contribution in [3.63, 3.8) is 0 Å². The Kier molecular flexibility index (Phi) is 4.48. The first-order valence-corrected chi connectivity index (χ1v) is 6.87. The molecule has 0 aliphatic rings. The van der Waals surface area contributed by atoms with Gasteiger partial charge in [0, 0.05) is 12.7 Å². The lowest BCUT2D eigenvalue weighted by molar-refractivity contribution is 0.254. The van der Waals surface area contributed by atoms with Crippen molar-refractivity contribution in [2.45, 2.75) is 0 Å². The van der Waals surface area contributed by atoms with E-state index >= 15 is 0 Å². The second-order valence-electron chi connectivity index (χ2n) is 3.57. The Bertz CT molecular complexity index is 679. The van der Waals surface area contributed by atoms with Crippen LogP contribution in [-0.4, -0.2) is 22.4 Å². The smallest absolute Gasteiger partial charge is 0.319 e. The van der Waals surface area contributed by atoms with Gasteiger partial charge in [0.1, 0.15) is 21.0 Å². The Hall–Kier alpha value is -1.77. The monoisotopic (exact) mass is 333 g/mol. The van der Waals surface area contributed by atoms with E-state index < -0.39 is 11.6 Å². The number of nitrogens with one attached hydrogen (secondary N) is 4. The van der Waals surface area contributed by atoms with Crippen LogP contribution in [0.1, 0.15) is 0 Å². The molecule has 0 aliphatic heterocycles. The van der Waals surface area contributed by atoms with E-state index in [4.69, 9.17) is 23.2 Å². The van der Waals surface area contributed by atoms with Crippen molar-refractivity contribution < 1.29 is 4.79 Å². The Morgan fingerprint density at radius 2 is 2.00 bits per heavy atom. The van der Waals surface area contributed by atoms with E-state index in [9.17, 15) is 9.59 Å². The van der Waals surface area contributed by atoms with Gasteiger partial charge in [-0.3, -0.25) is 9.17 Å². The van der Waals surface area contributed by atoms with Gasteiger partial charge in [0.05, 0.1) is 0 Å². The predicted molar refractivity (Wildman–Crippen MR) is 80.6 cm³/mol. The minimum atomic E-state index is -0.497. The standard InChI is InChI=1S/C10H9Cl2N5O2S/c1-13-10(19)16-7-8(18)17-20-9(7)14-4-2-5(11)15-6(12)3-4/h2-3H,1H3,(H,14,15)(H,17,18)(H2,13,16,19). The van der Waals surface area contributed by atoms with Crippen LogP contribution in [0.15, 0.2) is 16.9 Å². The summed E-state index contributed by atoms with van der Waals surface area (Å²) in [7, 11) is 1.45. The molecule has 4 N–H and O–H groups in total. The summed E-state index contributed by atoms with van der Waals surface area (Å²) < 4.78 is 2.52. The quantitative estimate of drug-likeness (QED) is 0.649. The average Bonchev–Trinajstić information content (AvgIpc) is 2.70. The fourth-order valence-corrected chi connectivity index (χ4v) is 2.52. The number of carbonyl (C=O) groups excluding carboxylic acids is 1. The summed E-state index contributed by atoms with van der Waals surface area (Å²) >= 11 is 12.6. The number of amides is 2. The molecule has 2 aromatic rings. The summed E-state index contributed by atoms with van der Waals surface area (Å²) in [5.74, 6) is 0. The fourth-order valence-electron chi connectivity index (χ4n) is 1.35. The molecule has 7 nitrogen and oxygen atoms in total. The minimum absolute atomic E-state index is 0.110. The van der Waals surface area contributed by atoms with Crippen LogP contribution in [0.3, 0.4) is 0 Å². The number of halogens is 2. The Morgan fingerprint density at radius 1 is 1.35 bits per heavy atom. The maximum Gasteiger partial charge on any atom is 0.319 e. The molecule has 2 aromatic heterocycles. The lowest BCUT2D eigenvalue weighted by Crippen LogP contribution is -2.27. The highest BCUT2D eigenvalue weighted by molar-refractivity contribution is 7.11. The van der Waals surface area contributed by atoms with Gasteiger partial charge in [-0.1, -0.05) is 23.2 Å². The number of hydrogen-bond donors (Lipinski definition) is 4. The molecule has 0 radical (unpaired) electrons. The number of nitrogens with zero attached hydrogens (tertiary/aromatic N) is 1. The van der Waals surface area contributed by atoms with Crippen molar-refractivity contribution in [1.82, 2.24) is 14.7 Å². The predicted octanol–water partition coefficient (Wildman–Crippen LogP) is 2.63.